The molecule has 116 valence electrons. The first-order valence-corrected chi connectivity index (χ1v) is 7.18. The molecular weight excluding hydrogens is 280 g/mol. The molecule has 0 aromatic heterocycles. The molecule has 0 aliphatic heterocycles. The van der Waals surface area contributed by atoms with Gasteiger partial charge in [0, 0.05) is 6.42 Å². The first-order chi connectivity index (χ1) is 10.7. The molecule has 0 amide bonds. The molecular formula is C18H20O4. The molecule has 0 heterocycles. The molecule has 0 aliphatic rings. The highest BCUT2D eigenvalue weighted by atomic mass is 16.5. The lowest BCUT2D eigenvalue weighted by Crippen LogP contribution is -2.02. The first kappa shape index (κ1) is 16.0. The topological polar surface area (TPSA) is 55.8 Å². The maximum atomic E-state index is 11.1. The van der Waals surface area contributed by atoms with Crippen LogP contribution in [0.3, 0.4) is 0 Å². The lowest BCUT2D eigenvalue weighted by Gasteiger charge is -2.08. The average Bonchev–Trinajstić information content (AvgIpc) is 2.59. The van der Waals surface area contributed by atoms with Gasteiger partial charge in [-0.2, -0.15) is 0 Å². The van der Waals surface area contributed by atoms with Crippen molar-refractivity contribution in [3.63, 3.8) is 0 Å². The van der Waals surface area contributed by atoms with Gasteiger partial charge >= 0.3 is 5.97 Å². The van der Waals surface area contributed by atoms with E-state index in [4.69, 9.17) is 9.84 Å². The summed E-state index contributed by atoms with van der Waals surface area (Å²) >= 11 is 0. The van der Waals surface area contributed by atoms with E-state index < -0.39 is 0 Å². The van der Waals surface area contributed by atoms with Gasteiger partial charge in [-0.3, -0.25) is 4.79 Å². The molecule has 4 heteroatoms. The lowest BCUT2D eigenvalue weighted by molar-refractivity contribution is -0.140. The number of hydrogen-bond acceptors (Lipinski definition) is 4. The summed E-state index contributed by atoms with van der Waals surface area (Å²) in [6.07, 6.45) is 1.05. The van der Waals surface area contributed by atoms with Crippen LogP contribution < -0.4 is 4.74 Å². The lowest BCUT2D eigenvalue weighted by atomic mass is 10.1. The Morgan fingerprint density at radius 3 is 2.14 bits per heavy atom. The van der Waals surface area contributed by atoms with Crippen molar-refractivity contribution in [3.8, 4) is 5.75 Å². The van der Waals surface area contributed by atoms with Crippen molar-refractivity contribution in [3.05, 3.63) is 65.2 Å². The summed E-state index contributed by atoms with van der Waals surface area (Å²) in [6, 6.07) is 15.3. The Hall–Kier alpha value is -2.33. The van der Waals surface area contributed by atoms with Crippen molar-refractivity contribution in [1.82, 2.24) is 0 Å². The van der Waals surface area contributed by atoms with E-state index in [2.05, 4.69) is 4.74 Å². The molecule has 4 nitrogen and oxygen atoms in total. The van der Waals surface area contributed by atoms with E-state index in [1.54, 1.807) is 0 Å². The molecule has 0 aliphatic carbocycles. The molecule has 0 unspecified atom stereocenters. The Kier molecular flexibility index (Phi) is 5.98. The van der Waals surface area contributed by atoms with Gasteiger partial charge < -0.3 is 14.6 Å². The summed E-state index contributed by atoms with van der Waals surface area (Å²) in [7, 11) is 1.40. The van der Waals surface area contributed by atoms with Crippen LogP contribution in [0.4, 0.5) is 0 Å². The maximum Gasteiger partial charge on any atom is 0.305 e. The second kappa shape index (κ2) is 8.20. The van der Waals surface area contributed by atoms with E-state index in [9.17, 15) is 4.79 Å². The van der Waals surface area contributed by atoms with Crippen LogP contribution in [-0.4, -0.2) is 18.2 Å². The van der Waals surface area contributed by atoms with Crippen molar-refractivity contribution in [1.29, 1.82) is 0 Å². The van der Waals surface area contributed by atoms with E-state index in [0.717, 1.165) is 22.4 Å². The van der Waals surface area contributed by atoms with Crippen molar-refractivity contribution >= 4 is 5.97 Å². The highest BCUT2D eigenvalue weighted by Crippen LogP contribution is 2.15. The number of carbonyl (C=O) groups is 1. The number of rotatable bonds is 7. The number of ether oxygens (including phenoxy) is 2. The van der Waals surface area contributed by atoms with Gasteiger partial charge in [0.15, 0.2) is 0 Å². The van der Waals surface area contributed by atoms with Crippen LogP contribution in [0.2, 0.25) is 0 Å². The summed E-state index contributed by atoms with van der Waals surface area (Å²) in [5.74, 6) is 0.583. The number of hydrogen-bond donors (Lipinski definition) is 1. The van der Waals surface area contributed by atoms with Crippen LogP contribution in [0.15, 0.2) is 48.5 Å². The number of aliphatic hydroxyl groups is 1. The summed E-state index contributed by atoms with van der Waals surface area (Å²) in [5, 5.41) is 9.00. The third-order valence-electron chi connectivity index (χ3n) is 3.38. The van der Waals surface area contributed by atoms with E-state index in [0.29, 0.717) is 19.4 Å². The number of methoxy groups -OCH3 is 1. The molecule has 1 N–H and O–H groups in total. The van der Waals surface area contributed by atoms with Gasteiger partial charge in [0.25, 0.3) is 0 Å². The maximum absolute atomic E-state index is 11.1. The van der Waals surface area contributed by atoms with Gasteiger partial charge in [-0.15, -0.1) is 0 Å². The summed E-state index contributed by atoms with van der Waals surface area (Å²) < 4.78 is 10.3. The Balaban J connectivity index is 1.84. The second-order valence-corrected chi connectivity index (χ2v) is 4.98. The van der Waals surface area contributed by atoms with E-state index in [1.165, 1.54) is 7.11 Å². The first-order valence-electron chi connectivity index (χ1n) is 7.18. The minimum Gasteiger partial charge on any atom is -0.489 e. The minimum atomic E-state index is -0.202. The molecule has 0 saturated heterocycles. The van der Waals surface area contributed by atoms with Crippen LogP contribution >= 0.6 is 0 Å². The molecule has 0 fully saturated rings. The third-order valence-corrected chi connectivity index (χ3v) is 3.38. The molecule has 2 rings (SSSR count). The SMILES string of the molecule is COC(=O)CCc1ccc(OCc2ccc(CO)cc2)cc1. The second-order valence-electron chi connectivity index (χ2n) is 4.98. The van der Waals surface area contributed by atoms with E-state index >= 15 is 0 Å². The smallest absolute Gasteiger partial charge is 0.305 e. The Morgan fingerprint density at radius 1 is 0.955 bits per heavy atom. The predicted octanol–water partition coefficient (Wildman–Crippen LogP) is 2.86. The fourth-order valence-corrected chi connectivity index (χ4v) is 2.01. The van der Waals surface area contributed by atoms with Gasteiger partial charge in [0.1, 0.15) is 12.4 Å². The molecule has 2 aromatic carbocycles. The molecule has 22 heavy (non-hydrogen) atoms. The fourth-order valence-electron chi connectivity index (χ4n) is 2.01. The van der Waals surface area contributed by atoms with E-state index in [1.807, 2.05) is 48.5 Å². The summed E-state index contributed by atoms with van der Waals surface area (Å²) in [5.41, 5.74) is 3.01. The normalized spacial score (nSPS) is 10.3. The summed E-state index contributed by atoms with van der Waals surface area (Å²) in [6.45, 7) is 0.529. The number of aryl methyl sites for hydroxylation is 1. The zero-order valence-corrected chi connectivity index (χ0v) is 12.6. The highest BCUT2D eigenvalue weighted by molar-refractivity contribution is 5.69. The van der Waals surface area contributed by atoms with Crippen LogP contribution in [0, 0.1) is 0 Å². The Labute approximate surface area is 130 Å². The van der Waals surface area contributed by atoms with Gasteiger partial charge in [-0.25, -0.2) is 0 Å². The molecule has 0 atom stereocenters. The van der Waals surface area contributed by atoms with Crippen molar-refractivity contribution in [2.24, 2.45) is 0 Å². The number of carbonyl (C=O) groups excluding carboxylic acids is 1. The van der Waals surface area contributed by atoms with Crippen LogP contribution in [0.1, 0.15) is 23.1 Å². The zero-order valence-electron chi connectivity index (χ0n) is 12.6. The Bertz CT molecular complexity index is 587. The van der Waals surface area contributed by atoms with Crippen LogP contribution in [-0.2, 0) is 29.2 Å². The predicted molar refractivity (Wildman–Crippen MR) is 83.5 cm³/mol. The zero-order chi connectivity index (χ0) is 15.8. The molecule has 0 spiro atoms. The third kappa shape index (κ3) is 4.90. The van der Waals surface area contributed by atoms with Crippen molar-refractivity contribution in [2.45, 2.75) is 26.1 Å². The van der Waals surface area contributed by atoms with E-state index in [-0.39, 0.29) is 12.6 Å². The molecule has 0 bridgehead atoms. The molecule has 0 saturated carbocycles. The highest BCUT2D eigenvalue weighted by Gasteiger charge is 2.02. The van der Waals surface area contributed by atoms with Gasteiger partial charge in [-0.1, -0.05) is 36.4 Å². The standard InChI is InChI=1S/C18H20O4/c1-21-18(20)11-8-14-6-9-17(10-7-14)22-13-16-4-2-15(12-19)3-5-16/h2-7,9-10,19H,8,11-13H2,1H3. The van der Waals surface area contributed by atoms with Crippen molar-refractivity contribution < 1.29 is 19.4 Å². The quantitative estimate of drug-likeness (QED) is 0.799. The van der Waals surface area contributed by atoms with Gasteiger partial charge in [0.05, 0.1) is 13.7 Å². The fraction of sp³-hybridized carbons (Fsp3) is 0.278. The minimum absolute atomic E-state index is 0.0498. The summed E-state index contributed by atoms with van der Waals surface area (Å²) in [4.78, 5) is 11.1. The largest absolute Gasteiger partial charge is 0.489 e. The van der Waals surface area contributed by atoms with Gasteiger partial charge in [0.2, 0.25) is 0 Å². The van der Waals surface area contributed by atoms with Crippen molar-refractivity contribution in [2.75, 3.05) is 7.11 Å². The number of esters is 1. The van der Waals surface area contributed by atoms with Gasteiger partial charge in [-0.05, 0) is 35.2 Å². The molecule has 2 aromatic rings. The Morgan fingerprint density at radius 2 is 1.55 bits per heavy atom. The van der Waals surface area contributed by atoms with Crippen LogP contribution in [0.25, 0.3) is 0 Å². The average molecular weight is 300 g/mol. The number of benzene rings is 2. The monoisotopic (exact) mass is 300 g/mol. The number of aliphatic hydroxyl groups excluding tert-OH is 1. The molecule has 0 radical (unpaired) electrons. The van der Waals surface area contributed by atoms with Crippen LogP contribution in [0.5, 0.6) is 5.75 Å².